The molecule has 0 atom stereocenters. The van der Waals surface area contributed by atoms with E-state index in [0.29, 0.717) is 10.5 Å². The third kappa shape index (κ3) is 2.59. The van der Waals surface area contributed by atoms with Crippen LogP contribution in [0.1, 0.15) is 30.4 Å². The predicted molar refractivity (Wildman–Crippen MR) is 101 cm³/mol. The van der Waals surface area contributed by atoms with Crippen molar-refractivity contribution >= 4 is 38.2 Å². The summed E-state index contributed by atoms with van der Waals surface area (Å²) in [7, 11) is 1.96. The van der Waals surface area contributed by atoms with Crippen molar-refractivity contribution < 1.29 is 4.79 Å². The van der Waals surface area contributed by atoms with Gasteiger partial charge < -0.3 is 4.57 Å². The molecule has 0 saturated heterocycles. The molecular weight excluding hydrogens is 332 g/mol. The minimum atomic E-state index is -0.266. The molecule has 5 nitrogen and oxygen atoms in total. The van der Waals surface area contributed by atoms with Crippen LogP contribution in [0.2, 0.25) is 0 Å². The molecule has 0 radical (unpaired) electrons. The van der Waals surface area contributed by atoms with Gasteiger partial charge in [0.1, 0.15) is 5.69 Å². The zero-order chi connectivity index (χ0) is 17.6. The summed E-state index contributed by atoms with van der Waals surface area (Å²) < 4.78 is 4.82. The van der Waals surface area contributed by atoms with Crippen molar-refractivity contribution in [2.24, 2.45) is 12.0 Å². The topological polar surface area (TPSA) is 52.2 Å². The van der Waals surface area contributed by atoms with Gasteiger partial charge in [-0.25, -0.2) is 0 Å². The van der Waals surface area contributed by atoms with Crippen LogP contribution >= 0.6 is 11.3 Å². The van der Waals surface area contributed by atoms with Gasteiger partial charge in [-0.2, -0.15) is 10.1 Å². The first-order valence-corrected chi connectivity index (χ1v) is 8.98. The summed E-state index contributed by atoms with van der Waals surface area (Å²) >= 11 is 1.52. The summed E-state index contributed by atoms with van der Waals surface area (Å²) in [4.78, 5) is 17.7. The SMILES string of the molecule is CC(C)n1nccc1C(=O)N=c1sc2ccc3ccccc3c2n1C. The van der Waals surface area contributed by atoms with E-state index in [-0.39, 0.29) is 11.9 Å². The molecule has 2 aromatic carbocycles. The van der Waals surface area contributed by atoms with Crippen LogP contribution in [0, 0.1) is 0 Å². The van der Waals surface area contributed by atoms with Gasteiger partial charge >= 0.3 is 0 Å². The average molecular weight is 350 g/mol. The smallest absolute Gasteiger partial charge is 0.297 e. The maximum absolute atomic E-state index is 12.7. The van der Waals surface area contributed by atoms with Crippen molar-refractivity contribution in [1.82, 2.24) is 14.3 Å². The fourth-order valence-corrected chi connectivity index (χ4v) is 4.10. The van der Waals surface area contributed by atoms with Crippen molar-refractivity contribution in [1.29, 1.82) is 0 Å². The van der Waals surface area contributed by atoms with Crippen LogP contribution in [-0.4, -0.2) is 20.3 Å². The number of carbonyl (C=O) groups is 1. The van der Waals surface area contributed by atoms with E-state index in [1.807, 2.05) is 37.6 Å². The van der Waals surface area contributed by atoms with E-state index in [1.165, 1.54) is 22.1 Å². The van der Waals surface area contributed by atoms with Gasteiger partial charge in [-0.15, -0.1) is 0 Å². The first-order valence-electron chi connectivity index (χ1n) is 8.16. The number of hydrogen-bond donors (Lipinski definition) is 0. The largest absolute Gasteiger partial charge is 0.319 e. The molecule has 0 N–H and O–H groups in total. The van der Waals surface area contributed by atoms with E-state index in [4.69, 9.17) is 0 Å². The lowest BCUT2D eigenvalue weighted by Gasteiger charge is -2.07. The number of carbonyl (C=O) groups excluding carboxylic acids is 1. The molecule has 1 amide bonds. The van der Waals surface area contributed by atoms with Crippen LogP contribution < -0.4 is 4.80 Å². The molecule has 0 bridgehead atoms. The number of aromatic nitrogens is 3. The van der Waals surface area contributed by atoms with Crippen molar-refractivity contribution in [2.45, 2.75) is 19.9 Å². The Balaban J connectivity index is 1.91. The number of rotatable bonds is 2. The van der Waals surface area contributed by atoms with Gasteiger partial charge in [0.25, 0.3) is 5.91 Å². The van der Waals surface area contributed by atoms with Gasteiger partial charge in [0, 0.05) is 24.7 Å². The Bertz CT molecular complexity index is 1160. The molecule has 0 unspecified atom stereocenters. The van der Waals surface area contributed by atoms with Crippen molar-refractivity contribution in [2.75, 3.05) is 0 Å². The Kier molecular flexibility index (Phi) is 3.77. The molecule has 0 fully saturated rings. The van der Waals surface area contributed by atoms with Crippen LogP contribution in [-0.2, 0) is 7.05 Å². The lowest BCUT2D eigenvalue weighted by Crippen LogP contribution is -2.16. The number of fused-ring (bicyclic) bond motifs is 3. The summed E-state index contributed by atoms with van der Waals surface area (Å²) in [5.41, 5.74) is 1.62. The normalized spacial score (nSPS) is 12.6. The highest BCUT2D eigenvalue weighted by atomic mass is 32.1. The molecule has 4 rings (SSSR count). The van der Waals surface area contributed by atoms with Crippen LogP contribution in [0.15, 0.2) is 53.7 Å². The molecule has 2 heterocycles. The van der Waals surface area contributed by atoms with Crippen molar-refractivity contribution in [3.05, 3.63) is 59.2 Å². The second-order valence-corrected chi connectivity index (χ2v) is 7.26. The Morgan fingerprint density at radius 3 is 2.76 bits per heavy atom. The highest BCUT2D eigenvalue weighted by Gasteiger charge is 2.14. The minimum Gasteiger partial charge on any atom is -0.319 e. The third-order valence-corrected chi connectivity index (χ3v) is 5.36. The van der Waals surface area contributed by atoms with Crippen molar-refractivity contribution in [3.63, 3.8) is 0 Å². The lowest BCUT2D eigenvalue weighted by molar-refractivity contribution is 0.0986. The second-order valence-electron chi connectivity index (χ2n) is 6.25. The summed E-state index contributed by atoms with van der Waals surface area (Å²) in [6, 6.07) is 14.3. The second kappa shape index (κ2) is 5.97. The van der Waals surface area contributed by atoms with E-state index < -0.39 is 0 Å². The van der Waals surface area contributed by atoms with Gasteiger partial charge in [0.05, 0.1) is 10.2 Å². The predicted octanol–water partition coefficient (Wildman–Crippen LogP) is 3.91. The van der Waals surface area contributed by atoms with Gasteiger partial charge in [0.2, 0.25) is 0 Å². The number of amides is 1. The van der Waals surface area contributed by atoms with E-state index >= 15 is 0 Å². The number of benzene rings is 2. The molecule has 0 spiro atoms. The number of nitrogens with zero attached hydrogens (tertiary/aromatic N) is 4. The van der Waals surface area contributed by atoms with Crippen molar-refractivity contribution in [3.8, 4) is 0 Å². The van der Waals surface area contributed by atoms with E-state index in [2.05, 4.69) is 34.4 Å². The number of hydrogen-bond acceptors (Lipinski definition) is 3. The molecule has 126 valence electrons. The fourth-order valence-electron chi connectivity index (χ4n) is 3.06. The maximum atomic E-state index is 12.7. The monoisotopic (exact) mass is 350 g/mol. The Labute approximate surface area is 148 Å². The van der Waals surface area contributed by atoms with E-state index in [0.717, 1.165) is 10.2 Å². The van der Waals surface area contributed by atoms with Gasteiger partial charge in [-0.05, 0) is 31.4 Å². The Morgan fingerprint density at radius 1 is 1.16 bits per heavy atom. The Hall–Kier alpha value is -2.73. The summed E-state index contributed by atoms with van der Waals surface area (Å²) in [5.74, 6) is -0.266. The van der Waals surface area contributed by atoms with Crippen LogP contribution in [0.5, 0.6) is 0 Å². The van der Waals surface area contributed by atoms with Crippen LogP contribution in [0.25, 0.3) is 21.0 Å². The molecule has 0 aliphatic heterocycles. The molecular formula is C19H18N4OS. The molecule has 4 aromatic rings. The quantitative estimate of drug-likeness (QED) is 0.550. The first-order chi connectivity index (χ1) is 12.1. The van der Waals surface area contributed by atoms with Crippen LogP contribution in [0.4, 0.5) is 0 Å². The molecule has 25 heavy (non-hydrogen) atoms. The molecule has 0 aliphatic rings. The Morgan fingerprint density at radius 2 is 1.96 bits per heavy atom. The van der Waals surface area contributed by atoms with Gasteiger partial charge in [-0.3, -0.25) is 9.48 Å². The van der Waals surface area contributed by atoms with Crippen LogP contribution in [0.3, 0.4) is 0 Å². The molecule has 0 saturated carbocycles. The number of thiazole rings is 1. The highest BCUT2D eigenvalue weighted by molar-refractivity contribution is 7.16. The lowest BCUT2D eigenvalue weighted by atomic mass is 10.1. The molecule has 6 heteroatoms. The van der Waals surface area contributed by atoms with E-state index in [9.17, 15) is 4.79 Å². The minimum absolute atomic E-state index is 0.115. The highest BCUT2D eigenvalue weighted by Crippen LogP contribution is 2.26. The fraction of sp³-hybridized carbons (Fsp3) is 0.211. The zero-order valence-electron chi connectivity index (χ0n) is 14.3. The summed E-state index contributed by atoms with van der Waals surface area (Å²) in [6.07, 6.45) is 1.64. The average Bonchev–Trinajstić information content (AvgIpc) is 3.21. The number of aryl methyl sites for hydroxylation is 1. The van der Waals surface area contributed by atoms with Gasteiger partial charge in [-0.1, -0.05) is 41.7 Å². The van der Waals surface area contributed by atoms with E-state index in [1.54, 1.807) is 16.9 Å². The molecule has 0 aliphatic carbocycles. The zero-order valence-corrected chi connectivity index (χ0v) is 15.1. The molecule has 2 aromatic heterocycles. The summed E-state index contributed by atoms with van der Waals surface area (Å²) in [6.45, 7) is 3.99. The van der Waals surface area contributed by atoms with Gasteiger partial charge in [0.15, 0.2) is 4.80 Å². The maximum Gasteiger partial charge on any atom is 0.297 e. The first kappa shape index (κ1) is 15.8. The summed E-state index contributed by atoms with van der Waals surface area (Å²) in [5, 5.41) is 6.56. The standard InChI is InChI=1S/C19H18N4OS/c1-12(2)23-15(10-11-20-23)18(24)21-19-22(3)17-14-7-5-4-6-13(14)8-9-16(17)25-19/h4-12H,1-3H3. The third-order valence-electron chi connectivity index (χ3n) is 4.26.